The van der Waals surface area contributed by atoms with Crippen LogP contribution in [0, 0.1) is 40.4 Å². The predicted molar refractivity (Wildman–Crippen MR) is 345 cm³/mol. The summed E-state index contributed by atoms with van der Waals surface area (Å²) in [5, 5.41) is 20.9. The molecule has 7 unspecified atom stereocenters. The number of nitrogens with two attached hydrogens (primary N) is 1. The number of nitriles is 2. The third kappa shape index (κ3) is 14.4. The van der Waals surface area contributed by atoms with E-state index in [9.17, 15) is 10.5 Å². The van der Waals surface area contributed by atoms with Crippen LogP contribution in [0.15, 0.2) is 109 Å². The Kier molecular flexibility index (Phi) is 21.8. The van der Waals surface area contributed by atoms with Crippen LogP contribution in [-0.4, -0.2) is 82.4 Å². The normalized spacial score (nSPS) is 28.4. The van der Waals surface area contributed by atoms with Gasteiger partial charge in [-0.1, -0.05) is 89.5 Å². The Morgan fingerprint density at radius 3 is 1.33 bits per heavy atom. The first-order chi connectivity index (χ1) is 42.4. The molecule has 2 N–H and O–H groups in total. The molecule has 0 bridgehead atoms. The lowest BCUT2D eigenvalue weighted by atomic mass is 9.62. The van der Waals surface area contributed by atoms with Gasteiger partial charge in [0.15, 0.2) is 0 Å². The molecule has 12 nitrogen and oxygen atoms in total. The van der Waals surface area contributed by atoms with Gasteiger partial charge in [-0.05, 0) is 207 Å². The molecule has 4 aliphatic heterocycles. The molecule has 9 heterocycles. The van der Waals surface area contributed by atoms with Crippen LogP contribution in [0.1, 0.15) is 222 Å². The molecule has 87 heavy (non-hydrogen) atoms. The van der Waals surface area contributed by atoms with Crippen molar-refractivity contribution in [3.05, 3.63) is 137 Å². The molecule has 5 aromatic rings. The van der Waals surface area contributed by atoms with Crippen molar-refractivity contribution in [3.63, 3.8) is 0 Å². The van der Waals surface area contributed by atoms with Crippen LogP contribution in [0.2, 0.25) is 0 Å². The van der Waals surface area contributed by atoms with Gasteiger partial charge < -0.3 is 29.4 Å². The minimum absolute atomic E-state index is 0.000874. The maximum atomic E-state index is 9.53. The fourth-order valence-electron chi connectivity index (χ4n) is 17.8. The van der Waals surface area contributed by atoms with Crippen LogP contribution < -0.4 is 10.5 Å². The molecule has 4 spiro atoms. The summed E-state index contributed by atoms with van der Waals surface area (Å²) in [6.07, 6.45) is 39.4. The smallest absolute Gasteiger partial charge is 0.132 e. The van der Waals surface area contributed by atoms with Gasteiger partial charge in [-0.2, -0.15) is 10.5 Å². The summed E-state index contributed by atoms with van der Waals surface area (Å²) in [4.78, 5) is 20.1. The molecule has 8 aliphatic rings. The van der Waals surface area contributed by atoms with Crippen LogP contribution in [-0.2, 0) is 47.0 Å². The highest BCUT2D eigenvalue weighted by Gasteiger charge is 2.54. The van der Waals surface area contributed by atoms with Crippen LogP contribution in [0.3, 0.4) is 0 Å². The molecule has 4 saturated carbocycles. The number of thiophene rings is 1. The monoisotopic (exact) mass is 1200 g/mol. The molecule has 0 radical (unpaired) electrons. The van der Waals surface area contributed by atoms with E-state index in [2.05, 4.69) is 88.8 Å². The number of rotatable bonds is 14. The number of ether oxygens (including phenoxy) is 5. The van der Waals surface area contributed by atoms with Crippen molar-refractivity contribution in [2.24, 2.45) is 23.5 Å². The lowest BCUT2D eigenvalue weighted by molar-refractivity contribution is -0.113. The summed E-state index contributed by atoms with van der Waals surface area (Å²) in [6.45, 7) is 10.7. The second-order valence-corrected chi connectivity index (χ2v) is 28.8. The molecule has 5 aromatic heterocycles. The zero-order chi connectivity index (χ0) is 60.7. The van der Waals surface area contributed by atoms with Gasteiger partial charge in [0.25, 0.3) is 0 Å². The maximum Gasteiger partial charge on any atom is 0.132 e. The average molecular weight is 1200 g/mol. The number of aryl methyl sites for hydroxylation is 1. The van der Waals surface area contributed by atoms with Gasteiger partial charge in [-0.15, -0.1) is 11.3 Å². The lowest BCUT2D eigenvalue weighted by Gasteiger charge is -2.49. The van der Waals surface area contributed by atoms with E-state index in [4.69, 9.17) is 34.4 Å². The highest BCUT2D eigenvalue weighted by Crippen LogP contribution is 2.55. The van der Waals surface area contributed by atoms with Crippen molar-refractivity contribution in [3.8, 4) is 17.9 Å². The number of pyridine rings is 4. The third-order valence-electron chi connectivity index (χ3n) is 22.9. The summed E-state index contributed by atoms with van der Waals surface area (Å²) in [6, 6.07) is 31.8. The van der Waals surface area contributed by atoms with Gasteiger partial charge in [0.05, 0.1) is 47.6 Å². The summed E-state index contributed by atoms with van der Waals surface area (Å²) in [7, 11) is 1.77. The number of methoxy groups -OCH3 is 1. The van der Waals surface area contributed by atoms with Gasteiger partial charge >= 0.3 is 0 Å². The van der Waals surface area contributed by atoms with Crippen LogP contribution >= 0.6 is 11.3 Å². The molecule has 8 fully saturated rings. The van der Waals surface area contributed by atoms with Crippen molar-refractivity contribution < 1.29 is 23.7 Å². The molecule has 13 heteroatoms. The van der Waals surface area contributed by atoms with Gasteiger partial charge in [0.2, 0.25) is 0 Å². The van der Waals surface area contributed by atoms with E-state index in [0.717, 1.165) is 127 Å². The van der Waals surface area contributed by atoms with E-state index in [1.54, 1.807) is 7.11 Å². The molecule has 4 aliphatic carbocycles. The van der Waals surface area contributed by atoms with E-state index >= 15 is 0 Å². The predicted octanol–water partition coefficient (Wildman–Crippen LogP) is 16.2. The van der Waals surface area contributed by atoms with Crippen molar-refractivity contribution in [2.45, 2.75) is 245 Å². The summed E-state index contributed by atoms with van der Waals surface area (Å²) in [5.74, 6) is 2.06. The Labute approximate surface area is 525 Å². The molecule has 13 rings (SSSR count). The number of hydrogen-bond donors (Lipinski definition) is 1. The van der Waals surface area contributed by atoms with Crippen molar-refractivity contribution in [2.75, 3.05) is 40.1 Å². The topological polar surface area (TPSA) is 171 Å². The third-order valence-corrected chi connectivity index (χ3v) is 23.8. The van der Waals surface area contributed by atoms with Gasteiger partial charge in [0, 0.05) is 107 Å². The largest absolute Gasteiger partial charge is 0.496 e. The summed E-state index contributed by atoms with van der Waals surface area (Å²) in [5.41, 5.74) is 10.9. The molecule has 0 aromatic carbocycles. The van der Waals surface area contributed by atoms with E-state index in [1.807, 2.05) is 79.4 Å². The zero-order valence-electron chi connectivity index (χ0n) is 53.2. The van der Waals surface area contributed by atoms with Gasteiger partial charge in [-0.25, -0.2) is 0 Å². The van der Waals surface area contributed by atoms with Gasteiger partial charge in [0.1, 0.15) is 5.75 Å². The summed E-state index contributed by atoms with van der Waals surface area (Å²) < 4.78 is 30.4. The Morgan fingerprint density at radius 1 is 0.517 bits per heavy atom. The first kappa shape index (κ1) is 64.9. The molecule has 0 amide bonds. The van der Waals surface area contributed by atoms with E-state index in [0.29, 0.717) is 24.8 Å². The van der Waals surface area contributed by atoms with E-state index in [-0.39, 0.29) is 50.0 Å². The van der Waals surface area contributed by atoms with Gasteiger partial charge in [-0.3, -0.25) is 19.9 Å². The van der Waals surface area contributed by atoms with Crippen molar-refractivity contribution >= 4 is 11.3 Å². The van der Waals surface area contributed by atoms with Crippen LogP contribution in [0.4, 0.5) is 0 Å². The Balaban J connectivity index is 0.000000130. The number of aromatic nitrogens is 4. The highest BCUT2D eigenvalue weighted by molar-refractivity contribution is 7.10. The average Bonchev–Trinajstić information content (AvgIpc) is 1.92. The van der Waals surface area contributed by atoms with Crippen LogP contribution in [0.5, 0.6) is 5.75 Å². The molecular formula is C74H101N7O5S. The highest BCUT2D eigenvalue weighted by atomic mass is 32.1. The number of nitrogens with zero attached hydrogens (tertiary/aromatic N) is 6. The minimum atomic E-state index is -0.140. The molecular weight excluding hydrogens is 1100 g/mol. The van der Waals surface area contributed by atoms with Crippen molar-refractivity contribution in [1.29, 1.82) is 10.5 Å². The molecule has 4 saturated heterocycles. The second kappa shape index (κ2) is 29.2. The second-order valence-electron chi connectivity index (χ2n) is 27.8. The maximum absolute atomic E-state index is 9.53. The summed E-state index contributed by atoms with van der Waals surface area (Å²) >= 11 is 1.81. The Hall–Kier alpha value is -5.12. The fraction of sp³-hybridized carbons (Fsp3) is 0.649. The Bertz CT molecular complexity index is 2970. The minimum Gasteiger partial charge on any atom is -0.496 e. The molecule has 468 valence electrons. The van der Waals surface area contributed by atoms with Crippen molar-refractivity contribution in [1.82, 2.24) is 19.9 Å². The van der Waals surface area contributed by atoms with Crippen LogP contribution in [0.25, 0.3) is 0 Å². The quantitative estimate of drug-likeness (QED) is 0.112. The lowest BCUT2D eigenvalue weighted by Crippen LogP contribution is -2.51. The SMILES string of the molecule is CC(C#N)C1(c2ccccn2)CCOC2(CCCC2)C1.CC(CN)C1(c2ccccn2)CCOC2(CCCC2)C1.COc1ccsc1CCCC(C)C1(c2ccccn2)CCOC2(CCCC2)C1.N#CCC1(c2ccccn2)CCOC2(CCCC2)C1. The molecule has 7 atom stereocenters. The number of hydrogen-bond acceptors (Lipinski definition) is 13. The zero-order valence-corrected chi connectivity index (χ0v) is 54.0. The van der Waals surface area contributed by atoms with E-state index in [1.165, 1.54) is 106 Å². The Morgan fingerprint density at radius 2 is 0.920 bits per heavy atom. The standard InChI is InChI=1S/C24H33NO2S.C17H26N2O.C17H22N2O.C16H20N2O/c1-19(8-7-9-21-20(26-2)11-17-28-21)24(22-10-3-6-15-25-22)14-16-27-23(18-24)12-4-5-13-23;2*1-14(12-18)17(15-6-2-5-10-19-15)9-11-20-16(13-17)7-3-4-8-16;17-10-8-15(14-5-1-4-11-18-14)9-12-19-16(13-15)6-2-3-7-16/h3,6,10-11,15,17,19H,4-5,7-9,12-14,16,18H2,1-2H3;2,5-6,10,14H,3-4,7-9,11-13,18H2,1H3;2,5-6,10,14H,3-4,7-9,11,13H2,1H3;1,4-5,11H,2-3,6-9,12-13H2. The first-order valence-corrected chi connectivity index (χ1v) is 34.5. The fourth-order valence-corrected chi connectivity index (χ4v) is 18.7. The first-order valence-electron chi connectivity index (χ1n) is 33.7. The van der Waals surface area contributed by atoms with E-state index < -0.39 is 0 Å².